The first-order chi connectivity index (χ1) is 8.24. The zero-order valence-electron chi connectivity index (χ0n) is 10.6. The number of hydrogen-bond donors (Lipinski definition) is 0. The van der Waals surface area contributed by atoms with Gasteiger partial charge in [0.2, 0.25) is 5.95 Å². The van der Waals surface area contributed by atoms with E-state index in [0.717, 1.165) is 30.8 Å². The van der Waals surface area contributed by atoms with Gasteiger partial charge in [0.1, 0.15) is 0 Å². The van der Waals surface area contributed by atoms with Gasteiger partial charge in [0, 0.05) is 37.1 Å². The van der Waals surface area contributed by atoms with Crippen molar-refractivity contribution in [1.29, 1.82) is 0 Å². The molecule has 0 aliphatic carbocycles. The first kappa shape index (κ1) is 11.0. The van der Waals surface area contributed by atoms with Crippen molar-refractivity contribution in [2.24, 2.45) is 0 Å². The number of aromatic nitrogens is 2. The Bertz CT molecular complexity index is 406. The smallest absolute Gasteiger partial charge is 0.225 e. The molecule has 0 unspecified atom stereocenters. The van der Waals surface area contributed by atoms with Crippen LogP contribution in [0.3, 0.4) is 0 Å². The van der Waals surface area contributed by atoms with Gasteiger partial charge in [-0.15, -0.1) is 0 Å². The van der Waals surface area contributed by atoms with Crippen LogP contribution in [0.15, 0.2) is 12.3 Å². The molecule has 0 N–H and O–H groups in total. The molecule has 2 aliphatic heterocycles. The van der Waals surface area contributed by atoms with Crippen molar-refractivity contribution in [3.8, 4) is 0 Å². The summed E-state index contributed by atoms with van der Waals surface area (Å²) < 4.78 is 0. The van der Waals surface area contributed by atoms with Gasteiger partial charge < -0.3 is 4.90 Å². The molecule has 1 aromatic rings. The number of hydrogen-bond acceptors (Lipinski definition) is 4. The SMILES string of the molecule is Cc1ccnc(N2CC[C@H]3CC[C@@H](C2)N3C)n1. The Hall–Kier alpha value is -1.16. The summed E-state index contributed by atoms with van der Waals surface area (Å²) in [5.74, 6) is 0.908. The van der Waals surface area contributed by atoms with E-state index in [4.69, 9.17) is 0 Å². The number of anilines is 1. The van der Waals surface area contributed by atoms with Crippen molar-refractivity contribution in [2.75, 3.05) is 25.0 Å². The van der Waals surface area contributed by atoms with Crippen LogP contribution in [-0.2, 0) is 0 Å². The van der Waals surface area contributed by atoms with Crippen LogP contribution >= 0.6 is 0 Å². The number of rotatable bonds is 1. The molecule has 4 heteroatoms. The number of fused-ring (bicyclic) bond motifs is 2. The van der Waals surface area contributed by atoms with Crippen LogP contribution in [-0.4, -0.2) is 47.1 Å². The van der Waals surface area contributed by atoms with Gasteiger partial charge in [0.25, 0.3) is 0 Å². The monoisotopic (exact) mass is 232 g/mol. The van der Waals surface area contributed by atoms with Gasteiger partial charge in [-0.05, 0) is 39.3 Å². The Labute approximate surface area is 103 Å². The molecule has 3 heterocycles. The molecule has 2 fully saturated rings. The minimum absolute atomic E-state index is 0.687. The van der Waals surface area contributed by atoms with Gasteiger partial charge in [-0.25, -0.2) is 9.97 Å². The summed E-state index contributed by atoms with van der Waals surface area (Å²) in [5.41, 5.74) is 1.05. The molecule has 2 bridgehead atoms. The van der Waals surface area contributed by atoms with E-state index in [2.05, 4.69) is 26.8 Å². The molecule has 0 aromatic carbocycles. The number of aryl methyl sites for hydroxylation is 1. The van der Waals surface area contributed by atoms with Gasteiger partial charge in [0.15, 0.2) is 0 Å². The van der Waals surface area contributed by atoms with Crippen LogP contribution in [0.4, 0.5) is 5.95 Å². The summed E-state index contributed by atoms with van der Waals surface area (Å²) in [7, 11) is 2.27. The van der Waals surface area contributed by atoms with E-state index in [0.29, 0.717) is 6.04 Å². The molecule has 0 spiro atoms. The van der Waals surface area contributed by atoms with Crippen LogP contribution in [0.1, 0.15) is 25.0 Å². The molecule has 17 heavy (non-hydrogen) atoms. The lowest BCUT2D eigenvalue weighted by atomic mass is 10.1. The zero-order valence-corrected chi connectivity index (χ0v) is 10.6. The average Bonchev–Trinajstić information content (AvgIpc) is 2.53. The predicted molar refractivity (Wildman–Crippen MR) is 68.2 cm³/mol. The maximum Gasteiger partial charge on any atom is 0.225 e. The lowest BCUT2D eigenvalue weighted by molar-refractivity contribution is 0.254. The first-order valence-electron chi connectivity index (χ1n) is 6.50. The third-order valence-electron chi connectivity index (χ3n) is 4.21. The highest BCUT2D eigenvalue weighted by Crippen LogP contribution is 2.29. The zero-order chi connectivity index (χ0) is 11.8. The quantitative estimate of drug-likeness (QED) is 0.734. The maximum absolute atomic E-state index is 4.54. The van der Waals surface area contributed by atoms with Gasteiger partial charge in [-0.3, -0.25) is 4.90 Å². The number of nitrogens with zero attached hydrogens (tertiary/aromatic N) is 4. The standard InChI is InChI=1S/C13H20N4/c1-10-5-7-14-13(15-10)17-8-6-11-3-4-12(9-17)16(11)2/h5,7,11-12H,3-4,6,8-9H2,1-2H3/t11-,12+/m1/s1. The topological polar surface area (TPSA) is 32.3 Å². The van der Waals surface area contributed by atoms with Crippen LogP contribution in [0.25, 0.3) is 0 Å². The van der Waals surface area contributed by atoms with Crippen LogP contribution in [0, 0.1) is 6.92 Å². The summed E-state index contributed by atoms with van der Waals surface area (Å²) in [6.45, 7) is 4.20. The highest BCUT2D eigenvalue weighted by molar-refractivity contribution is 5.31. The third-order valence-corrected chi connectivity index (χ3v) is 4.21. The van der Waals surface area contributed by atoms with E-state index in [1.807, 2.05) is 19.2 Å². The van der Waals surface area contributed by atoms with Gasteiger partial charge >= 0.3 is 0 Å². The minimum Gasteiger partial charge on any atom is -0.339 e. The normalized spacial score (nSPS) is 29.4. The Balaban J connectivity index is 1.81. The highest BCUT2D eigenvalue weighted by Gasteiger charge is 2.35. The van der Waals surface area contributed by atoms with Crippen molar-refractivity contribution in [3.05, 3.63) is 18.0 Å². The molecule has 0 radical (unpaired) electrons. The van der Waals surface area contributed by atoms with Crippen molar-refractivity contribution in [2.45, 2.75) is 38.3 Å². The molecule has 1 aromatic heterocycles. The van der Waals surface area contributed by atoms with Crippen molar-refractivity contribution in [1.82, 2.24) is 14.9 Å². The Kier molecular flexibility index (Phi) is 2.74. The lowest BCUT2D eigenvalue weighted by Crippen LogP contribution is -2.37. The Morgan fingerprint density at radius 1 is 1.24 bits per heavy atom. The van der Waals surface area contributed by atoms with E-state index >= 15 is 0 Å². The van der Waals surface area contributed by atoms with Crippen molar-refractivity contribution in [3.63, 3.8) is 0 Å². The van der Waals surface area contributed by atoms with E-state index in [1.54, 1.807) is 0 Å². The van der Waals surface area contributed by atoms with Crippen LogP contribution < -0.4 is 4.90 Å². The lowest BCUT2D eigenvalue weighted by Gasteiger charge is -2.25. The minimum atomic E-state index is 0.687. The molecular weight excluding hydrogens is 212 g/mol. The molecule has 4 nitrogen and oxygen atoms in total. The molecule has 0 amide bonds. The van der Waals surface area contributed by atoms with E-state index in [9.17, 15) is 0 Å². The molecule has 92 valence electrons. The van der Waals surface area contributed by atoms with E-state index in [1.165, 1.54) is 19.3 Å². The molecular formula is C13H20N4. The summed E-state index contributed by atoms with van der Waals surface area (Å²) >= 11 is 0. The second-order valence-corrected chi connectivity index (χ2v) is 5.28. The third kappa shape index (κ3) is 2.02. The van der Waals surface area contributed by atoms with Gasteiger partial charge in [0.05, 0.1) is 0 Å². The molecule has 3 rings (SSSR count). The fraction of sp³-hybridized carbons (Fsp3) is 0.692. The van der Waals surface area contributed by atoms with Crippen molar-refractivity contribution >= 4 is 5.95 Å². The Morgan fingerprint density at radius 2 is 2.06 bits per heavy atom. The largest absolute Gasteiger partial charge is 0.339 e. The maximum atomic E-state index is 4.54. The van der Waals surface area contributed by atoms with Gasteiger partial charge in [-0.2, -0.15) is 0 Å². The molecule has 2 aliphatic rings. The first-order valence-corrected chi connectivity index (χ1v) is 6.50. The second-order valence-electron chi connectivity index (χ2n) is 5.28. The summed E-state index contributed by atoms with van der Waals surface area (Å²) in [6, 6.07) is 3.42. The molecule has 0 saturated carbocycles. The molecule has 2 atom stereocenters. The van der Waals surface area contributed by atoms with Gasteiger partial charge in [-0.1, -0.05) is 0 Å². The fourth-order valence-electron chi connectivity index (χ4n) is 3.08. The second kappa shape index (κ2) is 4.26. The average molecular weight is 232 g/mol. The van der Waals surface area contributed by atoms with E-state index < -0.39 is 0 Å². The summed E-state index contributed by atoms with van der Waals surface area (Å²) in [6.07, 6.45) is 5.79. The fourth-order valence-corrected chi connectivity index (χ4v) is 3.08. The van der Waals surface area contributed by atoms with Crippen molar-refractivity contribution < 1.29 is 0 Å². The van der Waals surface area contributed by atoms with Crippen LogP contribution in [0.2, 0.25) is 0 Å². The van der Waals surface area contributed by atoms with E-state index in [-0.39, 0.29) is 0 Å². The van der Waals surface area contributed by atoms with Crippen LogP contribution in [0.5, 0.6) is 0 Å². The summed E-state index contributed by atoms with van der Waals surface area (Å²) in [4.78, 5) is 13.9. The highest BCUT2D eigenvalue weighted by atomic mass is 15.3. The summed E-state index contributed by atoms with van der Waals surface area (Å²) in [5, 5.41) is 0. The Morgan fingerprint density at radius 3 is 2.88 bits per heavy atom. The number of likely N-dealkylation sites (N-methyl/N-ethyl adjacent to an activating group) is 1. The molecule has 2 saturated heterocycles. The predicted octanol–water partition coefficient (Wildman–Crippen LogP) is 1.46.